The summed E-state index contributed by atoms with van der Waals surface area (Å²) in [5, 5.41) is 17.9. The topological polar surface area (TPSA) is 63.0 Å². The summed E-state index contributed by atoms with van der Waals surface area (Å²) in [6, 6.07) is 11.7. The van der Waals surface area contributed by atoms with Crippen molar-refractivity contribution in [3.05, 3.63) is 77.6 Å². The molecule has 0 amide bonds. The molecular weight excluding hydrogens is 319 g/mol. The van der Waals surface area contributed by atoms with E-state index in [0.29, 0.717) is 12.2 Å². The van der Waals surface area contributed by atoms with Crippen LogP contribution in [-0.4, -0.2) is 26.4 Å². The largest absolute Gasteiger partial charge is 0.385 e. The summed E-state index contributed by atoms with van der Waals surface area (Å²) in [6.07, 6.45) is 2.79. The quantitative estimate of drug-likeness (QED) is 0.724. The third kappa shape index (κ3) is 3.92. The van der Waals surface area contributed by atoms with E-state index in [1.165, 1.54) is 12.1 Å². The molecule has 130 valence electrons. The fourth-order valence-corrected chi connectivity index (χ4v) is 2.77. The maximum Gasteiger partial charge on any atom is 0.123 e. The highest BCUT2D eigenvalue weighted by molar-refractivity contribution is 5.35. The second-order valence-corrected chi connectivity index (χ2v) is 5.97. The van der Waals surface area contributed by atoms with Gasteiger partial charge in [0.1, 0.15) is 11.9 Å². The first-order chi connectivity index (χ1) is 12.1. The fraction of sp³-hybridized carbons (Fsp3) is 0.263. The van der Waals surface area contributed by atoms with Crippen molar-refractivity contribution in [2.45, 2.75) is 26.0 Å². The van der Waals surface area contributed by atoms with Gasteiger partial charge in [-0.15, -0.1) is 0 Å². The Bertz CT molecular complexity index is 817. The summed E-state index contributed by atoms with van der Waals surface area (Å²) in [5.41, 5.74) is 3.45. The predicted molar refractivity (Wildman–Crippen MR) is 93.9 cm³/mol. The highest BCUT2D eigenvalue weighted by Gasteiger charge is 2.16. The second-order valence-electron chi connectivity index (χ2n) is 5.97. The van der Waals surface area contributed by atoms with Gasteiger partial charge in [-0.05, 0) is 50.2 Å². The number of hydrogen-bond acceptors (Lipinski definition) is 4. The van der Waals surface area contributed by atoms with Crippen LogP contribution in [0, 0.1) is 12.7 Å². The number of nitrogens with zero attached hydrogens (tertiary/aromatic N) is 3. The van der Waals surface area contributed by atoms with Gasteiger partial charge in [-0.3, -0.25) is 4.98 Å². The first-order valence-corrected chi connectivity index (χ1v) is 8.19. The van der Waals surface area contributed by atoms with Gasteiger partial charge in [0.05, 0.1) is 17.6 Å². The zero-order chi connectivity index (χ0) is 17.8. The van der Waals surface area contributed by atoms with Crippen molar-refractivity contribution in [1.82, 2.24) is 20.1 Å². The number of pyridine rings is 1. The third-order valence-corrected chi connectivity index (χ3v) is 4.23. The van der Waals surface area contributed by atoms with E-state index in [-0.39, 0.29) is 11.9 Å². The van der Waals surface area contributed by atoms with Crippen LogP contribution in [0.2, 0.25) is 0 Å². The molecule has 2 atom stereocenters. The number of benzene rings is 1. The van der Waals surface area contributed by atoms with E-state index >= 15 is 0 Å². The maximum atomic E-state index is 13.1. The Morgan fingerprint density at radius 2 is 1.96 bits per heavy atom. The molecule has 0 aliphatic carbocycles. The van der Waals surface area contributed by atoms with Crippen LogP contribution < -0.4 is 5.32 Å². The van der Waals surface area contributed by atoms with Crippen LogP contribution in [0.4, 0.5) is 4.39 Å². The molecule has 0 spiro atoms. The monoisotopic (exact) mass is 340 g/mol. The molecule has 2 unspecified atom stereocenters. The zero-order valence-corrected chi connectivity index (χ0v) is 14.2. The number of halogens is 1. The highest BCUT2D eigenvalue weighted by Crippen LogP contribution is 2.21. The van der Waals surface area contributed by atoms with Crippen LogP contribution in [0.1, 0.15) is 36.0 Å². The SMILES string of the molecule is Cc1c(C(C)NCC(O)c2ccccn2)cnn1-c1ccc(F)cc1. The van der Waals surface area contributed by atoms with Crippen molar-refractivity contribution >= 4 is 0 Å². The van der Waals surface area contributed by atoms with Crippen molar-refractivity contribution in [3.8, 4) is 5.69 Å². The van der Waals surface area contributed by atoms with Gasteiger partial charge in [0, 0.05) is 30.0 Å². The van der Waals surface area contributed by atoms with Gasteiger partial charge in [-0.25, -0.2) is 9.07 Å². The van der Waals surface area contributed by atoms with E-state index in [1.54, 1.807) is 35.3 Å². The maximum absolute atomic E-state index is 13.1. The average molecular weight is 340 g/mol. The molecule has 2 aromatic heterocycles. The highest BCUT2D eigenvalue weighted by atomic mass is 19.1. The molecular formula is C19H21FN4O. The lowest BCUT2D eigenvalue weighted by Gasteiger charge is -2.17. The number of nitrogens with one attached hydrogen (secondary N) is 1. The van der Waals surface area contributed by atoms with Crippen LogP contribution in [0.3, 0.4) is 0 Å². The van der Waals surface area contributed by atoms with Crippen LogP contribution in [-0.2, 0) is 0 Å². The minimum absolute atomic E-state index is 0.00700. The molecule has 0 aliphatic heterocycles. The molecule has 25 heavy (non-hydrogen) atoms. The Kier molecular flexibility index (Phi) is 5.21. The Hall–Kier alpha value is -2.57. The summed E-state index contributed by atoms with van der Waals surface area (Å²) in [4.78, 5) is 4.16. The van der Waals surface area contributed by atoms with E-state index < -0.39 is 6.10 Å². The predicted octanol–water partition coefficient (Wildman–Crippen LogP) is 3.10. The molecule has 1 aromatic carbocycles. The van der Waals surface area contributed by atoms with Crippen molar-refractivity contribution in [2.24, 2.45) is 0 Å². The third-order valence-electron chi connectivity index (χ3n) is 4.23. The molecule has 0 aliphatic rings. The first kappa shape index (κ1) is 17.3. The molecule has 5 nitrogen and oxygen atoms in total. The molecule has 0 saturated heterocycles. The van der Waals surface area contributed by atoms with Crippen LogP contribution in [0.15, 0.2) is 54.9 Å². The lowest BCUT2D eigenvalue weighted by Crippen LogP contribution is -2.25. The number of aromatic nitrogens is 3. The molecule has 3 rings (SSSR count). The van der Waals surface area contributed by atoms with E-state index in [2.05, 4.69) is 15.4 Å². The van der Waals surface area contributed by atoms with Crippen molar-refractivity contribution in [2.75, 3.05) is 6.54 Å². The molecule has 0 bridgehead atoms. The summed E-state index contributed by atoms with van der Waals surface area (Å²) in [5.74, 6) is -0.271. The lowest BCUT2D eigenvalue weighted by molar-refractivity contribution is 0.166. The summed E-state index contributed by atoms with van der Waals surface area (Å²) in [6.45, 7) is 4.38. The van der Waals surface area contributed by atoms with E-state index in [1.807, 2.05) is 26.0 Å². The standard InChI is InChI=1S/C19H21FN4O/c1-13(22-12-19(25)18-5-3-4-10-21-18)17-11-23-24(14(17)2)16-8-6-15(20)7-9-16/h3-11,13,19,22,25H,12H2,1-2H3. The molecule has 0 saturated carbocycles. The average Bonchev–Trinajstić information content (AvgIpc) is 3.02. The molecule has 2 heterocycles. The Balaban J connectivity index is 1.68. The minimum Gasteiger partial charge on any atom is -0.385 e. The number of hydrogen-bond donors (Lipinski definition) is 2. The van der Waals surface area contributed by atoms with Crippen molar-refractivity contribution < 1.29 is 9.50 Å². The van der Waals surface area contributed by atoms with E-state index in [4.69, 9.17) is 0 Å². The number of aliphatic hydroxyl groups excluding tert-OH is 1. The smallest absolute Gasteiger partial charge is 0.123 e. The van der Waals surface area contributed by atoms with Gasteiger partial charge in [0.2, 0.25) is 0 Å². The minimum atomic E-state index is -0.670. The van der Waals surface area contributed by atoms with Crippen molar-refractivity contribution in [3.63, 3.8) is 0 Å². The lowest BCUT2D eigenvalue weighted by atomic mass is 10.1. The van der Waals surface area contributed by atoms with Crippen LogP contribution in [0.25, 0.3) is 5.69 Å². The van der Waals surface area contributed by atoms with Crippen molar-refractivity contribution in [1.29, 1.82) is 0 Å². The second kappa shape index (κ2) is 7.55. The summed E-state index contributed by atoms with van der Waals surface area (Å²) >= 11 is 0. The number of aliphatic hydroxyl groups is 1. The van der Waals surface area contributed by atoms with Gasteiger partial charge < -0.3 is 10.4 Å². The molecule has 2 N–H and O–H groups in total. The van der Waals surface area contributed by atoms with E-state index in [0.717, 1.165) is 16.9 Å². The molecule has 6 heteroatoms. The molecule has 0 fully saturated rings. The number of rotatable bonds is 6. The van der Waals surface area contributed by atoms with Crippen LogP contribution >= 0.6 is 0 Å². The fourth-order valence-electron chi connectivity index (χ4n) is 2.77. The molecule has 0 radical (unpaired) electrons. The molecule has 3 aromatic rings. The van der Waals surface area contributed by atoms with Gasteiger partial charge in [-0.1, -0.05) is 6.07 Å². The van der Waals surface area contributed by atoms with Crippen LogP contribution in [0.5, 0.6) is 0 Å². The zero-order valence-electron chi connectivity index (χ0n) is 14.2. The van der Waals surface area contributed by atoms with E-state index in [9.17, 15) is 9.50 Å². The van der Waals surface area contributed by atoms with Gasteiger partial charge in [-0.2, -0.15) is 5.10 Å². The Morgan fingerprint density at radius 1 is 1.20 bits per heavy atom. The Morgan fingerprint density at radius 3 is 2.64 bits per heavy atom. The first-order valence-electron chi connectivity index (χ1n) is 8.19. The van der Waals surface area contributed by atoms with Gasteiger partial charge in [0.25, 0.3) is 0 Å². The normalized spacial score (nSPS) is 13.6. The van der Waals surface area contributed by atoms with Gasteiger partial charge in [0.15, 0.2) is 0 Å². The van der Waals surface area contributed by atoms with Gasteiger partial charge >= 0.3 is 0 Å². The summed E-state index contributed by atoms with van der Waals surface area (Å²) < 4.78 is 14.9. The summed E-state index contributed by atoms with van der Waals surface area (Å²) in [7, 11) is 0. The Labute approximate surface area is 146 Å².